The molecule has 6 nitrogen and oxygen atoms in total. The molecule has 0 saturated heterocycles. The van der Waals surface area contributed by atoms with E-state index in [1.165, 1.54) is 22.0 Å². The molecule has 32 heavy (non-hydrogen) atoms. The lowest BCUT2D eigenvalue weighted by atomic mass is 10.0. The fourth-order valence-electron chi connectivity index (χ4n) is 3.37. The minimum atomic E-state index is -4.73. The highest BCUT2D eigenvalue weighted by Crippen LogP contribution is 2.32. The largest absolute Gasteiger partial charge is 0.419 e. The summed E-state index contributed by atoms with van der Waals surface area (Å²) in [6, 6.07) is 8.00. The van der Waals surface area contributed by atoms with Crippen LogP contribution >= 0.6 is 11.3 Å². The maximum Gasteiger partial charge on any atom is 0.419 e. The van der Waals surface area contributed by atoms with Gasteiger partial charge in [0, 0.05) is 25.8 Å². The van der Waals surface area contributed by atoms with Crippen LogP contribution in [0.2, 0.25) is 0 Å². The van der Waals surface area contributed by atoms with Crippen molar-refractivity contribution in [1.82, 2.24) is 14.5 Å². The number of anilines is 1. The Hall–Kier alpha value is -3.18. The number of hydrogen-bond donors (Lipinski definition) is 3. The van der Waals surface area contributed by atoms with Crippen molar-refractivity contribution >= 4 is 27.5 Å². The van der Waals surface area contributed by atoms with Gasteiger partial charge in [-0.15, -0.1) is 0 Å². The van der Waals surface area contributed by atoms with Crippen LogP contribution in [-0.4, -0.2) is 27.1 Å². The highest BCUT2D eigenvalue weighted by molar-refractivity contribution is 7.18. The van der Waals surface area contributed by atoms with Crippen molar-refractivity contribution in [3.63, 3.8) is 0 Å². The van der Waals surface area contributed by atoms with E-state index in [2.05, 4.69) is 15.3 Å². The Morgan fingerprint density at radius 3 is 2.75 bits per heavy atom. The number of halogens is 4. The molecule has 0 aliphatic rings. The SMILES string of the molecule is Cn1c(=O)[nH]c2ccc(-c3cnc(NCC(N)Cc4ccc(C(F)(F)F)c(F)c4)s3)cc21. The molecule has 2 aromatic heterocycles. The molecule has 0 radical (unpaired) electrons. The molecule has 4 N–H and O–H groups in total. The van der Waals surface area contributed by atoms with E-state index < -0.39 is 23.6 Å². The number of fused-ring (bicyclic) bond motifs is 1. The molecule has 0 amide bonds. The number of nitrogens with zero attached hydrogens (tertiary/aromatic N) is 2. The number of aromatic nitrogens is 3. The van der Waals surface area contributed by atoms with Gasteiger partial charge in [-0.25, -0.2) is 14.2 Å². The van der Waals surface area contributed by atoms with Gasteiger partial charge in [-0.3, -0.25) is 4.57 Å². The van der Waals surface area contributed by atoms with Gasteiger partial charge < -0.3 is 16.0 Å². The maximum atomic E-state index is 13.7. The smallest absolute Gasteiger partial charge is 0.360 e. The predicted octanol–water partition coefficient (Wildman–Crippen LogP) is 4.13. The summed E-state index contributed by atoms with van der Waals surface area (Å²) < 4.78 is 53.3. The van der Waals surface area contributed by atoms with Crippen LogP contribution < -0.4 is 16.7 Å². The molecule has 2 aromatic carbocycles. The molecule has 2 heterocycles. The van der Waals surface area contributed by atoms with Crippen molar-refractivity contribution in [2.24, 2.45) is 12.8 Å². The number of alkyl halides is 3. The van der Waals surface area contributed by atoms with Crippen LogP contribution in [0.1, 0.15) is 11.1 Å². The van der Waals surface area contributed by atoms with Gasteiger partial charge in [0.05, 0.1) is 21.5 Å². The van der Waals surface area contributed by atoms with Crippen LogP contribution in [0, 0.1) is 5.82 Å². The van der Waals surface area contributed by atoms with Gasteiger partial charge in [-0.05, 0) is 41.8 Å². The fraction of sp³-hybridized carbons (Fsp3) is 0.238. The molecular weight excluding hydrogens is 446 g/mol. The van der Waals surface area contributed by atoms with E-state index in [4.69, 9.17) is 5.73 Å². The van der Waals surface area contributed by atoms with Crippen LogP contribution in [0.3, 0.4) is 0 Å². The van der Waals surface area contributed by atoms with E-state index in [0.717, 1.165) is 33.6 Å². The second kappa shape index (κ2) is 8.40. The molecule has 0 bridgehead atoms. The first-order valence-corrected chi connectivity index (χ1v) is 10.4. The lowest BCUT2D eigenvalue weighted by molar-refractivity contribution is -0.140. The highest BCUT2D eigenvalue weighted by Gasteiger charge is 2.33. The third-order valence-electron chi connectivity index (χ3n) is 5.05. The zero-order valence-electron chi connectivity index (χ0n) is 16.8. The number of aromatic amines is 1. The van der Waals surface area contributed by atoms with Crippen molar-refractivity contribution in [2.45, 2.75) is 18.6 Å². The summed E-state index contributed by atoms with van der Waals surface area (Å²) >= 11 is 1.40. The Bertz CT molecular complexity index is 1320. The third-order valence-corrected chi connectivity index (χ3v) is 6.05. The average Bonchev–Trinajstić information content (AvgIpc) is 3.30. The number of H-pyrrole nitrogens is 1. The monoisotopic (exact) mass is 465 g/mol. The zero-order chi connectivity index (χ0) is 23.0. The Labute approximate surface area is 183 Å². The summed E-state index contributed by atoms with van der Waals surface area (Å²) in [7, 11) is 1.69. The van der Waals surface area contributed by atoms with E-state index in [1.54, 1.807) is 13.2 Å². The molecule has 4 aromatic rings. The normalized spacial score (nSPS) is 12.9. The molecular formula is C21H19F4N5OS. The van der Waals surface area contributed by atoms with Crippen molar-refractivity contribution < 1.29 is 17.6 Å². The van der Waals surface area contributed by atoms with Crippen LogP contribution in [0.5, 0.6) is 0 Å². The molecule has 1 atom stereocenters. The van der Waals surface area contributed by atoms with E-state index >= 15 is 0 Å². The van der Waals surface area contributed by atoms with Gasteiger partial charge in [0.25, 0.3) is 0 Å². The van der Waals surface area contributed by atoms with Crippen LogP contribution in [-0.2, 0) is 19.6 Å². The molecule has 4 rings (SSSR count). The molecule has 0 spiro atoms. The number of nitrogens with two attached hydrogens (primary N) is 1. The molecule has 168 valence electrons. The summed E-state index contributed by atoms with van der Waals surface area (Å²) in [6.07, 6.45) is -2.82. The van der Waals surface area contributed by atoms with E-state index in [9.17, 15) is 22.4 Å². The van der Waals surface area contributed by atoms with Crippen LogP contribution in [0.15, 0.2) is 47.4 Å². The number of nitrogens with one attached hydrogen (secondary N) is 2. The van der Waals surface area contributed by atoms with E-state index in [0.29, 0.717) is 17.2 Å². The second-order valence-electron chi connectivity index (χ2n) is 7.41. The van der Waals surface area contributed by atoms with Gasteiger partial charge in [0.1, 0.15) is 5.82 Å². The molecule has 0 fully saturated rings. The maximum absolute atomic E-state index is 13.7. The quantitative estimate of drug-likeness (QED) is 0.374. The first kappa shape index (κ1) is 22.0. The first-order chi connectivity index (χ1) is 15.1. The Balaban J connectivity index is 1.39. The van der Waals surface area contributed by atoms with Crippen molar-refractivity contribution in [2.75, 3.05) is 11.9 Å². The van der Waals surface area contributed by atoms with Crippen LogP contribution in [0.4, 0.5) is 22.7 Å². The second-order valence-corrected chi connectivity index (χ2v) is 8.44. The minimum absolute atomic E-state index is 0.189. The Morgan fingerprint density at radius 2 is 2.03 bits per heavy atom. The average molecular weight is 465 g/mol. The Morgan fingerprint density at radius 1 is 1.25 bits per heavy atom. The van der Waals surface area contributed by atoms with Crippen molar-refractivity contribution in [1.29, 1.82) is 0 Å². The molecule has 0 aliphatic heterocycles. The number of benzene rings is 2. The Kier molecular flexibility index (Phi) is 5.78. The first-order valence-electron chi connectivity index (χ1n) is 9.62. The molecule has 11 heteroatoms. The predicted molar refractivity (Wildman–Crippen MR) is 116 cm³/mol. The number of imidazole rings is 1. The summed E-state index contributed by atoms with van der Waals surface area (Å²) in [5.41, 5.74) is 7.39. The van der Waals surface area contributed by atoms with Gasteiger partial charge in [0.2, 0.25) is 0 Å². The third kappa shape index (κ3) is 4.53. The van der Waals surface area contributed by atoms with Crippen molar-refractivity contribution in [3.8, 4) is 10.4 Å². The van der Waals surface area contributed by atoms with Gasteiger partial charge >= 0.3 is 11.9 Å². The summed E-state index contributed by atoms with van der Waals surface area (Å²) in [6.45, 7) is 0.306. The van der Waals surface area contributed by atoms with Gasteiger partial charge in [-0.2, -0.15) is 13.2 Å². The summed E-state index contributed by atoms with van der Waals surface area (Å²) in [4.78, 5) is 19.7. The number of hydrogen-bond acceptors (Lipinski definition) is 5. The summed E-state index contributed by atoms with van der Waals surface area (Å²) in [5.74, 6) is -1.31. The standard InChI is InChI=1S/C21H19F4N5OS/c1-30-17-8-12(3-5-16(17)29-20(30)31)18-10-28-19(32-18)27-9-13(26)6-11-2-4-14(15(22)7-11)21(23,24)25/h2-5,7-8,10,13H,6,9,26H2,1H3,(H,27,28)(H,29,31). The van der Waals surface area contributed by atoms with Gasteiger partial charge in [0.15, 0.2) is 5.13 Å². The fourth-order valence-corrected chi connectivity index (χ4v) is 4.19. The molecule has 0 saturated carbocycles. The van der Waals surface area contributed by atoms with E-state index in [-0.39, 0.29) is 12.1 Å². The molecule has 1 unspecified atom stereocenters. The number of rotatable bonds is 6. The van der Waals surface area contributed by atoms with Crippen LogP contribution in [0.25, 0.3) is 21.5 Å². The topological polar surface area (TPSA) is 88.7 Å². The van der Waals surface area contributed by atoms with E-state index in [1.807, 2.05) is 18.2 Å². The highest BCUT2D eigenvalue weighted by atomic mass is 32.1. The number of thiazole rings is 1. The van der Waals surface area contributed by atoms with Gasteiger partial charge in [-0.1, -0.05) is 23.5 Å². The van der Waals surface area contributed by atoms with Crippen molar-refractivity contribution in [3.05, 3.63) is 70.0 Å². The zero-order valence-corrected chi connectivity index (χ0v) is 17.6. The summed E-state index contributed by atoms with van der Waals surface area (Å²) in [5, 5.41) is 3.73. The lowest BCUT2D eigenvalue weighted by Gasteiger charge is -2.14. The number of aryl methyl sites for hydroxylation is 1. The molecule has 0 aliphatic carbocycles. The lowest BCUT2D eigenvalue weighted by Crippen LogP contribution is -2.31. The minimum Gasteiger partial charge on any atom is -0.360 e.